The molecule has 90 valence electrons. The maximum Gasteiger partial charge on any atom is 0.493 e. The Labute approximate surface area is 103 Å². The summed E-state index contributed by atoms with van der Waals surface area (Å²) in [5.41, 5.74) is 4.32. The van der Waals surface area contributed by atoms with E-state index in [1.54, 1.807) is 0 Å². The van der Waals surface area contributed by atoms with Gasteiger partial charge in [-0.05, 0) is 35.9 Å². The highest BCUT2D eigenvalue weighted by Gasteiger charge is 2.33. The maximum absolute atomic E-state index is 5.82. The van der Waals surface area contributed by atoms with E-state index < -0.39 is 0 Å². The number of hydrogen-bond acceptors (Lipinski definition) is 2. The molecule has 0 radical (unpaired) electrons. The van der Waals surface area contributed by atoms with E-state index >= 15 is 0 Å². The lowest BCUT2D eigenvalue weighted by Crippen LogP contribution is -2.47. The quantitative estimate of drug-likeness (QED) is 0.686. The van der Waals surface area contributed by atoms with Gasteiger partial charge in [-0.25, -0.2) is 0 Å². The van der Waals surface area contributed by atoms with Gasteiger partial charge in [-0.2, -0.15) is 0 Å². The van der Waals surface area contributed by atoms with Crippen molar-refractivity contribution in [3.05, 3.63) is 29.3 Å². The molecular weight excluding hydrogens is 211 g/mol. The van der Waals surface area contributed by atoms with Crippen molar-refractivity contribution in [2.75, 3.05) is 13.2 Å². The third kappa shape index (κ3) is 2.27. The highest BCUT2D eigenvalue weighted by atomic mass is 16.6. The summed E-state index contributed by atoms with van der Waals surface area (Å²) in [5, 5.41) is 0. The SMILES string of the molecule is CC1(C)COB(c2ccc3c(c2)CCC3)OC1. The molecule has 1 fully saturated rings. The van der Waals surface area contributed by atoms with E-state index in [0.717, 1.165) is 13.2 Å². The van der Waals surface area contributed by atoms with Gasteiger partial charge in [0.15, 0.2) is 0 Å². The summed E-state index contributed by atoms with van der Waals surface area (Å²) in [6.45, 7) is 5.89. The van der Waals surface area contributed by atoms with Gasteiger partial charge in [0.25, 0.3) is 0 Å². The van der Waals surface area contributed by atoms with E-state index in [4.69, 9.17) is 9.31 Å². The summed E-state index contributed by atoms with van der Waals surface area (Å²) in [5.74, 6) is 0. The normalized spacial score (nSPS) is 22.6. The highest BCUT2D eigenvalue weighted by molar-refractivity contribution is 6.61. The molecule has 1 aromatic carbocycles. The second kappa shape index (κ2) is 4.15. The van der Waals surface area contributed by atoms with Crippen LogP contribution >= 0.6 is 0 Å². The Morgan fingerprint density at radius 2 is 1.76 bits per heavy atom. The number of benzene rings is 1. The Morgan fingerprint density at radius 1 is 1.06 bits per heavy atom. The van der Waals surface area contributed by atoms with Crippen LogP contribution in [0, 0.1) is 5.41 Å². The van der Waals surface area contributed by atoms with E-state index in [0.29, 0.717) is 0 Å². The monoisotopic (exact) mass is 230 g/mol. The standard InChI is InChI=1S/C14H19BO2/c1-14(2)9-16-15(17-10-14)13-7-6-11-4-3-5-12(11)8-13/h6-8H,3-5,9-10H2,1-2H3. The molecule has 1 aromatic rings. The topological polar surface area (TPSA) is 18.5 Å². The summed E-state index contributed by atoms with van der Waals surface area (Å²) in [6, 6.07) is 6.67. The predicted octanol–water partition coefficient (Wildman–Crippen LogP) is 1.94. The summed E-state index contributed by atoms with van der Waals surface area (Å²) >= 11 is 0. The predicted molar refractivity (Wildman–Crippen MR) is 69.5 cm³/mol. The van der Waals surface area contributed by atoms with E-state index in [1.165, 1.54) is 35.9 Å². The molecule has 0 spiro atoms. The van der Waals surface area contributed by atoms with Gasteiger partial charge < -0.3 is 9.31 Å². The highest BCUT2D eigenvalue weighted by Crippen LogP contribution is 2.23. The van der Waals surface area contributed by atoms with Crippen molar-refractivity contribution in [1.82, 2.24) is 0 Å². The van der Waals surface area contributed by atoms with Gasteiger partial charge in [0.1, 0.15) is 0 Å². The minimum Gasteiger partial charge on any atom is -0.407 e. The molecule has 0 bridgehead atoms. The summed E-state index contributed by atoms with van der Waals surface area (Å²) < 4.78 is 11.6. The third-order valence-electron chi connectivity index (χ3n) is 3.65. The molecule has 2 aliphatic rings. The van der Waals surface area contributed by atoms with Crippen molar-refractivity contribution in [3.63, 3.8) is 0 Å². The zero-order chi connectivity index (χ0) is 11.9. The van der Waals surface area contributed by atoms with Crippen LogP contribution in [0.3, 0.4) is 0 Å². The fraction of sp³-hybridized carbons (Fsp3) is 0.571. The number of aryl methyl sites for hydroxylation is 2. The Bertz CT molecular complexity index is 418. The van der Waals surface area contributed by atoms with Gasteiger partial charge in [0, 0.05) is 18.6 Å². The Hall–Kier alpha value is -0.795. The summed E-state index contributed by atoms with van der Waals surface area (Å²) in [7, 11) is -0.158. The van der Waals surface area contributed by atoms with Crippen molar-refractivity contribution >= 4 is 12.6 Å². The molecule has 1 aliphatic carbocycles. The Morgan fingerprint density at radius 3 is 2.53 bits per heavy atom. The van der Waals surface area contributed by atoms with Crippen LogP contribution in [0.25, 0.3) is 0 Å². The molecule has 0 N–H and O–H groups in total. The van der Waals surface area contributed by atoms with Gasteiger partial charge in [0.05, 0.1) is 0 Å². The summed E-state index contributed by atoms with van der Waals surface area (Å²) in [4.78, 5) is 0. The second-order valence-electron chi connectivity index (χ2n) is 6.00. The lowest BCUT2D eigenvalue weighted by molar-refractivity contribution is 0.0343. The van der Waals surface area contributed by atoms with Crippen molar-refractivity contribution in [2.45, 2.75) is 33.1 Å². The Kier molecular flexibility index (Phi) is 2.76. The maximum atomic E-state index is 5.82. The van der Waals surface area contributed by atoms with E-state index in [2.05, 4.69) is 32.0 Å². The number of hydrogen-bond donors (Lipinski definition) is 0. The molecule has 3 rings (SSSR count). The molecule has 1 aliphatic heterocycles. The fourth-order valence-corrected chi connectivity index (χ4v) is 2.62. The average Bonchev–Trinajstić information content (AvgIpc) is 2.76. The molecule has 2 nitrogen and oxygen atoms in total. The third-order valence-corrected chi connectivity index (χ3v) is 3.65. The summed E-state index contributed by atoms with van der Waals surface area (Å²) in [6.07, 6.45) is 3.73. The van der Waals surface area contributed by atoms with Gasteiger partial charge in [-0.15, -0.1) is 0 Å². The first-order chi connectivity index (χ1) is 8.14. The van der Waals surface area contributed by atoms with E-state index in [1.807, 2.05) is 0 Å². The van der Waals surface area contributed by atoms with Crippen LogP contribution in [0.15, 0.2) is 18.2 Å². The largest absolute Gasteiger partial charge is 0.493 e. The van der Waals surface area contributed by atoms with Crippen LogP contribution in [-0.4, -0.2) is 20.3 Å². The lowest BCUT2D eigenvalue weighted by atomic mass is 9.75. The van der Waals surface area contributed by atoms with E-state index in [-0.39, 0.29) is 12.5 Å². The molecule has 1 saturated heterocycles. The molecule has 0 amide bonds. The van der Waals surface area contributed by atoms with Crippen LogP contribution in [0.4, 0.5) is 0 Å². The molecule has 0 aromatic heterocycles. The number of rotatable bonds is 1. The molecule has 0 saturated carbocycles. The van der Waals surface area contributed by atoms with Crippen LogP contribution in [0.5, 0.6) is 0 Å². The van der Waals surface area contributed by atoms with Gasteiger partial charge in [-0.1, -0.05) is 32.0 Å². The van der Waals surface area contributed by atoms with Crippen LogP contribution in [0.2, 0.25) is 0 Å². The molecule has 3 heteroatoms. The lowest BCUT2D eigenvalue weighted by Gasteiger charge is -2.33. The number of fused-ring (bicyclic) bond motifs is 1. The zero-order valence-corrected chi connectivity index (χ0v) is 10.7. The van der Waals surface area contributed by atoms with Crippen molar-refractivity contribution in [1.29, 1.82) is 0 Å². The average molecular weight is 230 g/mol. The first-order valence-electron chi connectivity index (χ1n) is 6.49. The smallest absolute Gasteiger partial charge is 0.407 e. The molecule has 0 atom stereocenters. The molecular formula is C14H19BO2. The fourth-order valence-electron chi connectivity index (χ4n) is 2.62. The van der Waals surface area contributed by atoms with E-state index in [9.17, 15) is 0 Å². The van der Waals surface area contributed by atoms with Crippen LogP contribution in [-0.2, 0) is 22.2 Å². The minimum absolute atomic E-state index is 0.146. The molecule has 1 heterocycles. The minimum atomic E-state index is -0.158. The van der Waals surface area contributed by atoms with Gasteiger partial charge >= 0.3 is 7.12 Å². The van der Waals surface area contributed by atoms with Crippen LogP contribution < -0.4 is 5.46 Å². The first kappa shape index (κ1) is 11.3. The van der Waals surface area contributed by atoms with Gasteiger partial charge in [0.2, 0.25) is 0 Å². The van der Waals surface area contributed by atoms with Crippen molar-refractivity contribution < 1.29 is 9.31 Å². The first-order valence-corrected chi connectivity index (χ1v) is 6.49. The van der Waals surface area contributed by atoms with Crippen molar-refractivity contribution in [3.8, 4) is 0 Å². The van der Waals surface area contributed by atoms with Gasteiger partial charge in [-0.3, -0.25) is 0 Å². The van der Waals surface area contributed by atoms with Crippen LogP contribution in [0.1, 0.15) is 31.4 Å². The van der Waals surface area contributed by atoms with Crippen molar-refractivity contribution in [2.24, 2.45) is 5.41 Å². The molecule has 17 heavy (non-hydrogen) atoms. The Balaban J connectivity index is 1.77. The second-order valence-corrected chi connectivity index (χ2v) is 6.00. The molecule has 0 unspecified atom stereocenters. The zero-order valence-electron chi connectivity index (χ0n) is 10.7.